The van der Waals surface area contributed by atoms with Gasteiger partial charge in [0, 0.05) is 0 Å². The molecule has 0 aromatic rings. The third-order valence-electron chi connectivity index (χ3n) is 3.33. The van der Waals surface area contributed by atoms with E-state index in [1.165, 1.54) is 16.7 Å². The normalized spacial score (nSPS) is 15.3. The number of hydrogen-bond acceptors (Lipinski definition) is 1. The fourth-order valence-electron chi connectivity index (χ4n) is 1.45. The Kier molecular flexibility index (Phi) is 7.13. The Bertz CT molecular complexity index is 301. The van der Waals surface area contributed by atoms with Crippen LogP contribution in [0.5, 0.6) is 0 Å². The van der Waals surface area contributed by atoms with Crippen molar-refractivity contribution in [2.75, 3.05) is 0 Å². The van der Waals surface area contributed by atoms with Gasteiger partial charge in [-0.3, -0.25) is 0 Å². The van der Waals surface area contributed by atoms with Gasteiger partial charge in [-0.25, -0.2) is 0 Å². The Morgan fingerprint density at radius 2 is 1.76 bits per heavy atom. The molecule has 0 aromatic heterocycles. The quantitative estimate of drug-likeness (QED) is 0.630. The van der Waals surface area contributed by atoms with Gasteiger partial charge in [0.05, 0.1) is 5.60 Å². The maximum atomic E-state index is 9.77. The summed E-state index contributed by atoms with van der Waals surface area (Å²) < 4.78 is 0. The van der Waals surface area contributed by atoms with E-state index < -0.39 is 5.60 Å². The fraction of sp³-hybridized carbons (Fsp3) is 0.625. The van der Waals surface area contributed by atoms with Crippen LogP contribution in [-0.4, -0.2) is 10.7 Å². The topological polar surface area (TPSA) is 20.2 Å². The average molecular weight is 236 g/mol. The lowest BCUT2D eigenvalue weighted by Crippen LogP contribution is -2.19. The standard InChI is InChI=1S/C16H28O/c1-7-16(6,17)12-8-9-14(4)10-11-15(5)13(2)3/h7,9,17H,1,8,10-12H2,2-6H3/b14-9+. The fourth-order valence-corrected chi connectivity index (χ4v) is 1.45. The predicted octanol–water partition coefficient (Wildman–Crippen LogP) is 4.79. The van der Waals surface area contributed by atoms with Gasteiger partial charge in [0.25, 0.3) is 0 Å². The van der Waals surface area contributed by atoms with Crippen molar-refractivity contribution in [2.45, 2.75) is 65.9 Å². The van der Waals surface area contributed by atoms with E-state index in [0.717, 1.165) is 25.7 Å². The molecule has 0 radical (unpaired) electrons. The van der Waals surface area contributed by atoms with Crippen molar-refractivity contribution in [2.24, 2.45) is 0 Å². The van der Waals surface area contributed by atoms with Crippen LogP contribution in [0, 0.1) is 0 Å². The Morgan fingerprint density at radius 3 is 2.24 bits per heavy atom. The van der Waals surface area contributed by atoms with Crippen molar-refractivity contribution in [3.63, 3.8) is 0 Å². The van der Waals surface area contributed by atoms with Gasteiger partial charge in [-0.1, -0.05) is 28.9 Å². The Balaban J connectivity index is 4.04. The molecule has 1 N–H and O–H groups in total. The Hall–Kier alpha value is -0.820. The zero-order valence-corrected chi connectivity index (χ0v) is 12.1. The molecule has 0 bridgehead atoms. The third kappa shape index (κ3) is 7.98. The van der Waals surface area contributed by atoms with E-state index in [9.17, 15) is 5.11 Å². The monoisotopic (exact) mass is 236 g/mol. The zero-order valence-electron chi connectivity index (χ0n) is 12.1. The summed E-state index contributed by atoms with van der Waals surface area (Å²) in [6.07, 6.45) is 7.77. The van der Waals surface area contributed by atoms with E-state index in [2.05, 4.69) is 40.3 Å². The van der Waals surface area contributed by atoms with Crippen molar-refractivity contribution in [1.82, 2.24) is 0 Å². The second-order valence-corrected chi connectivity index (χ2v) is 5.43. The van der Waals surface area contributed by atoms with E-state index in [1.54, 1.807) is 13.0 Å². The van der Waals surface area contributed by atoms with Gasteiger partial charge in [-0.15, -0.1) is 6.58 Å². The van der Waals surface area contributed by atoms with Crippen LogP contribution in [0.4, 0.5) is 0 Å². The first-order chi connectivity index (χ1) is 7.78. The Labute approximate surface area is 107 Å². The molecule has 1 heteroatoms. The van der Waals surface area contributed by atoms with Gasteiger partial charge in [-0.05, 0) is 60.3 Å². The summed E-state index contributed by atoms with van der Waals surface area (Å²) in [5.41, 5.74) is 3.58. The largest absolute Gasteiger partial charge is 0.386 e. The highest BCUT2D eigenvalue weighted by Crippen LogP contribution is 2.17. The second-order valence-electron chi connectivity index (χ2n) is 5.43. The first-order valence-electron chi connectivity index (χ1n) is 6.43. The van der Waals surface area contributed by atoms with Crippen molar-refractivity contribution in [3.8, 4) is 0 Å². The lowest BCUT2D eigenvalue weighted by molar-refractivity contribution is 0.103. The molecular weight excluding hydrogens is 208 g/mol. The number of aliphatic hydroxyl groups is 1. The maximum absolute atomic E-state index is 9.77. The highest BCUT2D eigenvalue weighted by molar-refractivity contribution is 5.10. The molecule has 0 fully saturated rings. The smallest absolute Gasteiger partial charge is 0.0800 e. The molecule has 1 nitrogen and oxygen atoms in total. The van der Waals surface area contributed by atoms with Gasteiger partial charge in [0.2, 0.25) is 0 Å². The molecule has 1 unspecified atom stereocenters. The van der Waals surface area contributed by atoms with Gasteiger partial charge in [0.15, 0.2) is 0 Å². The van der Waals surface area contributed by atoms with Crippen LogP contribution in [0.1, 0.15) is 60.3 Å². The summed E-state index contributed by atoms with van der Waals surface area (Å²) in [5.74, 6) is 0. The minimum Gasteiger partial charge on any atom is -0.386 e. The second kappa shape index (κ2) is 7.50. The predicted molar refractivity (Wildman–Crippen MR) is 77.1 cm³/mol. The van der Waals surface area contributed by atoms with Gasteiger partial charge < -0.3 is 5.11 Å². The molecule has 0 aliphatic carbocycles. The molecule has 0 aliphatic rings. The molecule has 0 spiro atoms. The summed E-state index contributed by atoms with van der Waals surface area (Å²) in [4.78, 5) is 0. The summed E-state index contributed by atoms with van der Waals surface area (Å²) in [7, 11) is 0. The highest BCUT2D eigenvalue weighted by atomic mass is 16.3. The molecule has 0 saturated heterocycles. The van der Waals surface area contributed by atoms with Crippen LogP contribution in [0.25, 0.3) is 0 Å². The van der Waals surface area contributed by atoms with Crippen molar-refractivity contribution in [3.05, 3.63) is 35.5 Å². The molecule has 17 heavy (non-hydrogen) atoms. The van der Waals surface area contributed by atoms with E-state index in [4.69, 9.17) is 0 Å². The van der Waals surface area contributed by atoms with E-state index in [-0.39, 0.29) is 0 Å². The molecule has 1 atom stereocenters. The number of allylic oxidation sites excluding steroid dienone is 4. The summed E-state index contributed by atoms with van der Waals surface area (Å²) >= 11 is 0. The summed E-state index contributed by atoms with van der Waals surface area (Å²) in [6.45, 7) is 14.1. The lowest BCUT2D eigenvalue weighted by atomic mass is 9.98. The molecule has 0 saturated carbocycles. The SMILES string of the molecule is C=CC(C)(O)CC/C=C(\C)CCC(C)=C(C)C. The third-order valence-corrected chi connectivity index (χ3v) is 3.33. The van der Waals surface area contributed by atoms with Crippen LogP contribution in [0.15, 0.2) is 35.5 Å². The van der Waals surface area contributed by atoms with Gasteiger partial charge in [0.1, 0.15) is 0 Å². The molecule has 98 valence electrons. The van der Waals surface area contributed by atoms with Gasteiger partial charge >= 0.3 is 0 Å². The van der Waals surface area contributed by atoms with Crippen molar-refractivity contribution < 1.29 is 5.11 Å². The Morgan fingerprint density at radius 1 is 1.18 bits per heavy atom. The van der Waals surface area contributed by atoms with Crippen molar-refractivity contribution >= 4 is 0 Å². The summed E-state index contributed by atoms with van der Waals surface area (Å²) in [5, 5.41) is 9.77. The lowest BCUT2D eigenvalue weighted by Gasteiger charge is -2.17. The van der Waals surface area contributed by atoms with E-state index in [1.807, 2.05) is 0 Å². The van der Waals surface area contributed by atoms with Crippen LogP contribution in [0.3, 0.4) is 0 Å². The van der Waals surface area contributed by atoms with Crippen LogP contribution in [0.2, 0.25) is 0 Å². The van der Waals surface area contributed by atoms with Gasteiger partial charge in [-0.2, -0.15) is 0 Å². The van der Waals surface area contributed by atoms with Crippen LogP contribution < -0.4 is 0 Å². The van der Waals surface area contributed by atoms with Crippen molar-refractivity contribution in [1.29, 1.82) is 0 Å². The maximum Gasteiger partial charge on any atom is 0.0800 e. The number of rotatable bonds is 7. The molecular formula is C16H28O. The molecule has 0 amide bonds. The minimum atomic E-state index is -0.730. The van der Waals surface area contributed by atoms with Crippen LogP contribution in [-0.2, 0) is 0 Å². The average Bonchev–Trinajstić information content (AvgIpc) is 2.25. The molecule has 0 aliphatic heterocycles. The van der Waals surface area contributed by atoms with Crippen LogP contribution >= 0.6 is 0 Å². The first-order valence-corrected chi connectivity index (χ1v) is 6.43. The first kappa shape index (κ1) is 16.2. The molecule has 0 heterocycles. The van der Waals surface area contributed by atoms with E-state index >= 15 is 0 Å². The minimum absolute atomic E-state index is 0.730. The molecule has 0 rings (SSSR count). The highest BCUT2D eigenvalue weighted by Gasteiger charge is 2.13. The van der Waals surface area contributed by atoms with E-state index in [0.29, 0.717) is 0 Å². The summed E-state index contributed by atoms with van der Waals surface area (Å²) in [6, 6.07) is 0. The molecule has 0 aromatic carbocycles. The zero-order chi connectivity index (χ0) is 13.5. The number of hydrogen-bond donors (Lipinski definition) is 1.